The summed E-state index contributed by atoms with van der Waals surface area (Å²) in [6.07, 6.45) is 0. The van der Waals surface area contributed by atoms with Gasteiger partial charge in [0.2, 0.25) is 5.78 Å². The van der Waals surface area contributed by atoms with E-state index in [1.54, 1.807) is 6.92 Å². The molecule has 1 heterocycles. The van der Waals surface area contributed by atoms with E-state index >= 15 is 0 Å². The van der Waals surface area contributed by atoms with Crippen LogP contribution in [0.3, 0.4) is 0 Å². The van der Waals surface area contributed by atoms with Gasteiger partial charge in [0, 0.05) is 7.05 Å². The second-order valence-corrected chi connectivity index (χ2v) is 5.55. The van der Waals surface area contributed by atoms with Crippen molar-refractivity contribution < 1.29 is 32.6 Å². The molecule has 0 bridgehead atoms. The summed E-state index contributed by atoms with van der Waals surface area (Å²) in [7, 11) is 1.24. The maximum absolute atomic E-state index is 12.4. The van der Waals surface area contributed by atoms with Crippen molar-refractivity contribution in [1.82, 2.24) is 9.55 Å². The third-order valence-corrected chi connectivity index (χ3v) is 3.68. The van der Waals surface area contributed by atoms with Crippen molar-refractivity contribution >= 4 is 17.6 Å². The van der Waals surface area contributed by atoms with Gasteiger partial charge in [0.15, 0.2) is 18.1 Å². The van der Waals surface area contributed by atoms with Crippen LogP contribution in [0, 0.1) is 0 Å². The topological polar surface area (TPSA) is 143 Å². The molecule has 3 N–H and O–H groups in total. The molecule has 0 saturated carbocycles. The number of halogens is 2. The van der Waals surface area contributed by atoms with Gasteiger partial charge in [0.25, 0.3) is 5.56 Å². The molecule has 1 aromatic heterocycles. The van der Waals surface area contributed by atoms with Crippen LogP contribution in [0.2, 0.25) is 0 Å². The zero-order valence-electron chi connectivity index (χ0n) is 15.4. The first-order chi connectivity index (χ1) is 13.6. The van der Waals surface area contributed by atoms with Crippen LogP contribution in [0.4, 0.5) is 14.6 Å². The highest BCUT2D eigenvalue weighted by molar-refractivity contribution is 6.02. The Morgan fingerprint density at radius 1 is 1.24 bits per heavy atom. The summed E-state index contributed by atoms with van der Waals surface area (Å²) in [5, 5.41) is 0. The molecule has 0 amide bonds. The number of nitrogens with zero attached hydrogens (tertiary/aromatic N) is 1. The van der Waals surface area contributed by atoms with Crippen molar-refractivity contribution in [3.63, 3.8) is 0 Å². The second kappa shape index (κ2) is 8.99. The Kier molecular flexibility index (Phi) is 6.70. The lowest BCUT2D eigenvalue weighted by Gasteiger charge is -2.12. The Morgan fingerprint density at radius 3 is 2.55 bits per heavy atom. The van der Waals surface area contributed by atoms with Crippen molar-refractivity contribution in [2.75, 3.05) is 18.9 Å². The fourth-order valence-electron chi connectivity index (χ4n) is 2.29. The maximum Gasteiger partial charge on any atom is 0.387 e. The number of carbonyl (C=O) groups is 2. The van der Waals surface area contributed by atoms with Crippen LogP contribution in [-0.2, 0) is 11.8 Å². The quantitative estimate of drug-likeness (QED) is 0.476. The molecule has 10 nitrogen and oxygen atoms in total. The predicted octanol–water partition coefficient (Wildman–Crippen LogP) is 0.696. The molecular formula is C17H17F2N3O7. The van der Waals surface area contributed by atoms with Gasteiger partial charge in [-0.05, 0) is 25.1 Å². The van der Waals surface area contributed by atoms with E-state index in [9.17, 15) is 28.0 Å². The highest BCUT2D eigenvalue weighted by atomic mass is 19.3. The van der Waals surface area contributed by atoms with Crippen molar-refractivity contribution in [2.45, 2.75) is 13.5 Å². The number of benzene rings is 1. The zero-order chi connectivity index (χ0) is 21.7. The number of aromatic nitrogens is 2. The standard InChI is InChI=1S/C17H17F2N3O7/c1-3-27-11-6-8(4-5-10(11)29-16(18)19)15(25)28-7-9(23)12-13(20)22(2)17(26)21-14(12)24/h4-6,16H,3,7,20H2,1-2H3,(H,21,24,26). The lowest BCUT2D eigenvalue weighted by Crippen LogP contribution is -2.35. The molecule has 0 aliphatic carbocycles. The summed E-state index contributed by atoms with van der Waals surface area (Å²) in [4.78, 5) is 49.5. The Morgan fingerprint density at radius 2 is 1.93 bits per heavy atom. The Bertz CT molecular complexity index is 1050. The summed E-state index contributed by atoms with van der Waals surface area (Å²) >= 11 is 0. The number of aromatic amines is 1. The molecule has 0 aliphatic heterocycles. The number of Topliss-reactive ketones (excluding diaryl/α,β-unsaturated/α-hetero) is 1. The Balaban J connectivity index is 2.18. The van der Waals surface area contributed by atoms with Gasteiger partial charge >= 0.3 is 18.3 Å². The van der Waals surface area contributed by atoms with Crippen LogP contribution in [0.1, 0.15) is 27.6 Å². The van der Waals surface area contributed by atoms with Crippen molar-refractivity contribution in [1.29, 1.82) is 0 Å². The fourth-order valence-corrected chi connectivity index (χ4v) is 2.29. The van der Waals surface area contributed by atoms with E-state index in [1.165, 1.54) is 7.05 Å². The average Bonchev–Trinajstić information content (AvgIpc) is 2.65. The second-order valence-electron chi connectivity index (χ2n) is 5.55. The summed E-state index contributed by atoms with van der Waals surface area (Å²) in [6.45, 7) is -2.21. The molecule has 0 fully saturated rings. The summed E-state index contributed by atoms with van der Waals surface area (Å²) < 4.78 is 40.0. The van der Waals surface area contributed by atoms with Crippen LogP contribution in [0.5, 0.6) is 11.5 Å². The summed E-state index contributed by atoms with van der Waals surface area (Å²) in [5.74, 6) is -2.70. The SMILES string of the molecule is CCOc1cc(C(=O)OCC(=O)c2c(N)n(C)c(=O)[nH]c2=O)ccc1OC(F)F. The molecule has 12 heteroatoms. The van der Waals surface area contributed by atoms with Gasteiger partial charge in [-0.3, -0.25) is 19.1 Å². The van der Waals surface area contributed by atoms with Crippen molar-refractivity contribution in [3.8, 4) is 11.5 Å². The van der Waals surface area contributed by atoms with Gasteiger partial charge in [-0.2, -0.15) is 8.78 Å². The van der Waals surface area contributed by atoms with Gasteiger partial charge in [-0.15, -0.1) is 0 Å². The molecule has 2 rings (SSSR count). The number of esters is 1. The minimum Gasteiger partial charge on any atom is -0.490 e. The van der Waals surface area contributed by atoms with Crippen LogP contribution >= 0.6 is 0 Å². The van der Waals surface area contributed by atoms with E-state index < -0.39 is 41.8 Å². The van der Waals surface area contributed by atoms with Gasteiger partial charge in [0.05, 0.1) is 12.2 Å². The third kappa shape index (κ3) is 4.97. The van der Waals surface area contributed by atoms with Crippen molar-refractivity contribution in [3.05, 3.63) is 50.2 Å². The van der Waals surface area contributed by atoms with Crippen LogP contribution in [-0.4, -0.2) is 41.1 Å². The Hall–Kier alpha value is -3.70. The molecule has 0 saturated heterocycles. The van der Waals surface area contributed by atoms with Crippen LogP contribution in [0.25, 0.3) is 0 Å². The maximum atomic E-state index is 12.4. The lowest BCUT2D eigenvalue weighted by atomic mass is 10.2. The van der Waals surface area contributed by atoms with Gasteiger partial charge in [-0.25, -0.2) is 9.59 Å². The number of ketones is 1. The molecular weight excluding hydrogens is 396 g/mol. The molecule has 0 spiro atoms. The Labute approximate surface area is 161 Å². The lowest BCUT2D eigenvalue weighted by molar-refractivity contribution is -0.0514. The summed E-state index contributed by atoms with van der Waals surface area (Å²) in [5.41, 5.74) is 3.14. The van der Waals surface area contributed by atoms with Crippen LogP contribution < -0.4 is 26.5 Å². The number of rotatable bonds is 8. The number of anilines is 1. The molecule has 2 aromatic rings. The minimum absolute atomic E-state index is 0.106. The molecule has 1 aromatic carbocycles. The number of H-pyrrole nitrogens is 1. The number of nitrogens with one attached hydrogen (secondary N) is 1. The number of carbonyl (C=O) groups excluding carboxylic acids is 2. The molecule has 0 radical (unpaired) electrons. The number of hydrogen-bond donors (Lipinski definition) is 2. The van der Waals surface area contributed by atoms with E-state index in [0.29, 0.717) is 0 Å². The first-order valence-corrected chi connectivity index (χ1v) is 8.16. The van der Waals surface area contributed by atoms with E-state index in [-0.39, 0.29) is 29.5 Å². The predicted molar refractivity (Wildman–Crippen MR) is 95.6 cm³/mol. The van der Waals surface area contributed by atoms with E-state index in [2.05, 4.69) is 4.74 Å². The van der Waals surface area contributed by atoms with Crippen LogP contribution in [0.15, 0.2) is 27.8 Å². The fraction of sp³-hybridized carbons (Fsp3) is 0.294. The third-order valence-electron chi connectivity index (χ3n) is 3.68. The monoisotopic (exact) mass is 413 g/mol. The molecule has 29 heavy (non-hydrogen) atoms. The molecule has 0 atom stereocenters. The zero-order valence-corrected chi connectivity index (χ0v) is 15.4. The number of nitrogens with two attached hydrogens (primary N) is 1. The first kappa shape index (κ1) is 21.6. The highest BCUT2D eigenvalue weighted by Crippen LogP contribution is 2.30. The molecule has 0 unspecified atom stereocenters. The number of ether oxygens (including phenoxy) is 3. The van der Waals surface area contributed by atoms with Gasteiger partial charge in [0.1, 0.15) is 11.4 Å². The van der Waals surface area contributed by atoms with Gasteiger partial charge < -0.3 is 19.9 Å². The van der Waals surface area contributed by atoms with E-state index in [1.807, 2.05) is 4.98 Å². The smallest absolute Gasteiger partial charge is 0.387 e. The minimum atomic E-state index is -3.09. The van der Waals surface area contributed by atoms with E-state index in [0.717, 1.165) is 22.8 Å². The largest absolute Gasteiger partial charge is 0.490 e. The highest BCUT2D eigenvalue weighted by Gasteiger charge is 2.21. The molecule has 0 aliphatic rings. The number of nitrogen functional groups attached to an aromatic ring is 1. The normalized spacial score (nSPS) is 10.7. The van der Waals surface area contributed by atoms with Crippen molar-refractivity contribution in [2.24, 2.45) is 7.05 Å². The molecule has 156 valence electrons. The number of alkyl halides is 2. The van der Waals surface area contributed by atoms with E-state index in [4.69, 9.17) is 15.2 Å². The average molecular weight is 413 g/mol. The number of hydrogen-bond acceptors (Lipinski definition) is 8. The van der Waals surface area contributed by atoms with Gasteiger partial charge in [-0.1, -0.05) is 0 Å². The first-order valence-electron chi connectivity index (χ1n) is 8.16. The summed E-state index contributed by atoms with van der Waals surface area (Å²) in [6, 6.07) is 3.34.